The van der Waals surface area contributed by atoms with Crippen molar-refractivity contribution in [3.63, 3.8) is 0 Å². The number of likely N-dealkylation sites (tertiary alicyclic amines) is 1. The second-order valence-corrected chi connectivity index (χ2v) is 9.47. The van der Waals surface area contributed by atoms with Gasteiger partial charge in [0.15, 0.2) is 0 Å². The van der Waals surface area contributed by atoms with E-state index in [1.165, 1.54) is 17.0 Å². The third-order valence-electron chi connectivity index (χ3n) is 5.26. The summed E-state index contributed by atoms with van der Waals surface area (Å²) < 4.78 is 26.4. The number of hydrogen-bond donors (Lipinski definition) is 0. The van der Waals surface area contributed by atoms with Crippen LogP contribution in [0.15, 0.2) is 42.5 Å². The van der Waals surface area contributed by atoms with Gasteiger partial charge in [0.1, 0.15) is 0 Å². The SMILES string of the molecule is Cc1cccc(C)c1N(Cc1ccc(C(=O)N2CCCCC2)cc1)S(C)(=O)=O. The van der Waals surface area contributed by atoms with Gasteiger partial charge in [0.05, 0.1) is 18.5 Å². The maximum absolute atomic E-state index is 12.6. The summed E-state index contributed by atoms with van der Waals surface area (Å²) in [6.45, 7) is 5.70. The Hall–Kier alpha value is -2.34. The van der Waals surface area contributed by atoms with Gasteiger partial charge in [0.25, 0.3) is 5.91 Å². The van der Waals surface area contributed by atoms with Gasteiger partial charge in [-0.2, -0.15) is 0 Å². The number of rotatable bonds is 5. The van der Waals surface area contributed by atoms with Crippen LogP contribution in [0.2, 0.25) is 0 Å². The largest absolute Gasteiger partial charge is 0.339 e. The van der Waals surface area contributed by atoms with Crippen molar-refractivity contribution in [1.29, 1.82) is 0 Å². The van der Waals surface area contributed by atoms with Crippen molar-refractivity contribution >= 4 is 21.6 Å². The number of para-hydroxylation sites is 1. The van der Waals surface area contributed by atoms with E-state index < -0.39 is 10.0 Å². The Morgan fingerprint density at radius 3 is 2.07 bits per heavy atom. The molecule has 150 valence electrons. The number of sulfonamides is 1. The second kappa shape index (κ2) is 8.35. The van der Waals surface area contributed by atoms with Crippen LogP contribution in [0.4, 0.5) is 5.69 Å². The number of nitrogens with zero attached hydrogens (tertiary/aromatic N) is 2. The zero-order valence-electron chi connectivity index (χ0n) is 16.8. The fourth-order valence-electron chi connectivity index (χ4n) is 3.76. The highest BCUT2D eigenvalue weighted by molar-refractivity contribution is 7.92. The Morgan fingerprint density at radius 2 is 1.54 bits per heavy atom. The highest BCUT2D eigenvalue weighted by atomic mass is 32.2. The van der Waals surface area contributed by atoms with Gasteiger partial charge in [-0.25, -0.2) is 8.42 Å². The van der Waals surface area contributed by atoms with Crippen molar-refractivity contribution in [1.82, 2.24) is 4.90 Å². The highest BCUT2D eigenvalue weighted by Crippen LogP contribution is 2.28. The molecule has 6 heteroatoms. The van der Waals surface area contributed by atoms with Crippen molar-refractivity contribution in [2.45, 2.75) is 39.7 Å². The first-order valence-electron chi connectivity index (χ1n) is 9.69. The zero-order valence-corrected chi connectivity index (χ0v) is 17.6. The van der Waals surface area contributed by atoms with Gasteiger partial charge in [0.2, 0.25) is 10.0 Å². The van der Waals surface area contributed by atoms with Gasteiger partial charge >= 0.3 is 0 Å². The predicted molar refractivity (Wildman–Crippen MR) is 113 cm³/mol. The lowest BCUT2D eigenvalue weighted by Gasteiger charge is -2.27. The lowest BCUT2D eigenvalue weighted by Crippen LogP contribution is -2.35. The van der Waals surface area contributed by atoms with Crippen molar-refractivity contribution in [2.24, 2.45) is 0 Å². The lowest BCUT2D eigenvalue weighted by atomic mass is 10.1. The number of piperidine rings is 1. The molecule has 1 heterocycles. The predicted octanol–water partition coefficient (Wildman–Crippen LogP) is 3.90. The number of benzene rings is 2. The zero-order chi connectivity index (χ0) is 20.3. The van der Waals surface area contributed by atoms with Gasteiger partial charge in [-0.3, -0.25) is 9.10 Å². The molecule has 2 aromatic rings. The van der Waals surface area contributed by atoms with Crippen LogP contribution in [0.25, 0.3) is 0 Å². The average Bonchev–Trinajstić information content (AvgIpc) is 2.67. The van der Waals surface area contributed by atoms with E-state index in [1.807, 2.05) is 49.1 Å². The minimum absolute atomic E-state index is 0.0565. The molecule has 1 amide bonds. The molecular formula is C22H28N2O3S. The molecule has 1 aliphatic rings. The van der Waals surface area contributed by atoms with Gasteiger partial charge < -0.3 is 4.90 Å². The molecule has 0 atom stereocenters. The van der Waals surface area contributed by atoms with Crippen LogP contribution >= 0.6 is 0 Å². The van der Waals surface area contributed by atoms with E-state index in [-0.39, 0.29) is 12.5 Å². The maximum Gasteiger partial charge on any atom is 0.253 e. The second-order valence-electron chi connectivity index (χ2n) is 7.56. The van der Waals surface area contributed by atoms with Crippen LogP contribution in [-0.2, 0) is 16.6 Å². The van der Waals surface area contributed by atoms with Crippen LogP contribution in [0.3, 0.4) is 0 Å². The fraction of sp³-hybridized carbons (Fsp3) is 0.409. The van der Waals surface area contributed by atoms with Crippen molar-refractivity contribution in [3.8, 4) is 0 Å². The molecule has 0 N–H and O–H groups in total. The van der Waals surface area contributed by atoms with Gasteiger partial charge in [-0.05, 0) is 61.9 Å². The number of carbonyl (C=O) groups is 1. The van der Waals surface area contributed by atoms with E-state index in [2.05, 4.69) is 0 Å². The Bertz CT molecular complexity index is 926. The third kappa shape index (κ3) is 4.55. The normalized spacial score (nSPS) is 14.8. The van der Waals surface area contributed by atoms with Gasteiger partial charge in [0, 0.05) is 18.7 Å². The molecule has 0 radical (unpaired) electrons. The van der Waals surface area contributed by atoms with Crippen LogP contribution in [0.5, 0.6) is 0 Å². The number of amides is 1. The van der Waals surface area contributed by atoms with Crippen molar-refractivity contribution < 1.29 is 13.2 Å². The summed E-state index contributed by atoms with van der Waals surface area (Å²) in [5, 5.41) is 0. The first-order chi connectivity index (χ1) is 13.3. The van der Waals surface area contributed by atoms with E-state index in [9.17, 15) is 13.2 Å². The third-order valence-corrected chi connectivity index (χ3v) is 6.37. The van der Waals surface area contributed by atoms with E-state index in [0.717, 1.165) is 48.3 Å². The number of anilines is 1. The molecule has 0 spiro atoms. The van der Waals surface area contributed by atoms with Crippen LogP contribution in [-0.4, -0.2) is 38.6 Å². The molecule has 1 saturated heterocycles. The summed E-state index contributed by atoms with van der Waals surface area (Å²) in [5.74, 6) is 0.0565. The quantitative estimate of drug-likeness (QED) is 0.765. The van der Waals surface area contributed by atoms with Crippen LogP contribution in [0, 0.1) is 13.8 Å². The summed E-state index contributed by atoms with van der Waals surface area (Å²) in [4.78, 5) is 14.5. The molecule has 0 unspecified atom stereocenters. The molecule has 0 saturated carbocycles. The Kier molecular flexibility index (Phi) is 6.08. The molecule has 28 heavy (non-hydrogen) atoms. The first kappa shape index (κ1) is 20.4. The minimum atomic E-state index is -3.45. The number of hydrogen-bond acceptors (Lipinski definition) is 3. The molecule has 1 fully saturated rings. The maximum atomic E-state index is 12.6. The van der Waals surface area contributed by atoms with Crippen molar-refractivity contribution in [3.05, 3.63) is 64.7 Å². The molecule has 5 nitrogen and oxygen atoms in total. The Balaban J connectivity index is 1.83. The molecule has 3 rings (SSSR count). The van der Waals surface area contributed by atoms with Crippen LogP contribution in [0.1, 0.15) is 46.3 Å². The highest BCUT2D eigenvalue weighted by Gasteiger charge is 2.22. The van der Waals surface area contributed by atoms with E-state index in [0.29, 0.717) is 5.56 Å². The summed E-state index contributed by atoms with van der Waals surface area (Å²) >= 11 is 0. The Morgan fingerprint density at radius 1 is 0.964 bits per heavy atom. The van der Waals surface area contributed by atoms with Gasteiger partial charge in [-0.15, -0.1) is 0 Å². The van der Waals surface area contributed by atoms with E-state index >= 15 is 0 Å². The fourth-order valence-corrected chi connectivity index (χ4v) is 4.76. The molecule has 0 aliphatic carbocycles. The van der Waals surface area contributed by atoms with E-state index in [4.69, 9.17) is 0 Å². The molecule has 0 aromatic heterocycles. The number of carbonyl (C=O) groups excluding carboxylic acids is 1. The summed E-state index contributed by atoms with van der Waals surface area (Å²) in [6, 6.07) is 13.1. The van der Waals surface area contributed by atoms with Crippen LogP contribution < -0.4 is 4.31 Å². The molecule has 1 aliphatic heterocycles. The molecule has 2 aromatic carbocycles. The topological polar surface area (TPSA) is 57.7 Å². The summed E-state index contributed by atoms with van der Waals surface area (Å²) in [5.41, 5.74) is 4.06. The first-order valence-corrected chi connectivity index (χ1v) is 11.5. The minimum Gasteiger partial charge on any atom is -0.339 e. The smallest absolute Gasteiger partial charge is 0.253 e. The van der Waals surface area contributed by atoms with E-state index in [1.54, 1.807) is 12.1 Å². The molecule has 0 bridgehead atoms. The average molecular weight is 401 g/mol. The van der Waals surface area contributed by atoms with Crippen molar-refractivity contribution in [2.75, 3.05) is 23.7 Å². The monoisotopic (exact) mass is 400 g/mol. The van der Waals surface area contributed by atoms with Gasteiger partial charge in [-0.1, -0.05) is 30.3 Å². The summed E-state index contributed by atoms with van der Waals surface area (Å²) in [7, 11) is -3.45. The standard InChI is InChI=1S/C22H28N2O3S/c1-17-8-7-9-18(2)21(17)24(28(3,26)27)16-19-10-12-20(13-11-19)22(25)23-14-5-4-6-15-23/h7-13H,4-6,14-16H2,1-3H3. The number of aryl methyl sites for hydroxylation is 2. The summed E-state index contributed by atoms with van der Waals surface area (Å²) in [6.07, 6.45) is 4.53. The molecular weight excluding hydrogens is 372 g/mol. The lowest BCUT2D eigenvalue weighted by molar-refractivity contribution is 0.0724. The Labute approximate surface area is 168 Å².